The van der Waals surface area contributed by atoms with Crippen molar-refractivity contribution in [3.05, 3.63) is 83.8 Å². The Morgan fingerprint density at radius 3 is 2.65 bits per heavy atom. The van der Waals surface area contributed by atoms with Gasteiger partial charge in [0.25, 0.3) is 5.91 Å². The molecule has 0 radical (unpaired) electrons. The van der Waals surface area contributed by atoms with Gasteiger partial charge in [0.2, 0.25) is 0 Å². The maximum absolute atomic E-state index is 13.1. The van der Waals surface area contributed by atoms with E-state index in [1.54, 1.807) is 41.1 Å². The SMILES string of the molecule is Cn1c(CNc2cccc(C(=O)NCc3cnccc3C(F)(F)F)c2)nnc1-c1ccncn1. The molecule has 174 valence electrons. The lowest BCUT2D eigenvalue weighted by Gasteiger charge is -2.13. The molecular formula is C22H19F3N8O. The van der Waals surface area contributed by atoms with Crippen molar-refractivity contribution in [3.63, 3.8) is 0 Å². The van der Waals surface area contributed by atoms with E-state index in [0.29, 0.717) is 35.1 Å². The quantitative estimate of drug-likeness (QED) is 0.428. The first kappa shape index (κ1) is 22.8. The monoisotopic (exact) mass is 468 g/mol. The molecule has 4 rings (SSSR count). The number of anilines is 1. The fraction of sp³-hybridized carbons (Fsp3) is 0.182. The van der Waals surface area contributed by atoms with Crippen LogP contribution in [0, 0.1) is 0 Å². The van der Waals surface area contributed by atoms with Gasteiger partial charge in [-0.05, 0) is 30.3 Å². The Morgan fingerprint density at radius 2 is 1.88 bits per heavy atom. The number of alkyl halides is 3. The lowest BCUT2D eigenvalue weighted by molar-refractivity contribution is -0.138. The van der Waals surface area contributed by atoms with E-state index in [-0.39, 0.29) is 12.1 Å². The second kappa shape index (κ2) is 9.65. The first-order chi connectivity index (χ1) is 16.3. The molecule has 0 saturated heterocycles. The molecule has 0 aliphatic carbocycles. The van der Waals surface area contributed by atoms with Crippen molar-refractivity contribution in [2.75, 3.05) is 5.32 Å². The molecule has 1 aromatic carbocycles. The van der Waals surface area contributed by atoms with Gasteiger partial charge in [-0.15, -0.1) is 10.2 Å². The van der Waals surface area contributed by atoms with Crippen LogP contribution in [0.5, 0.6) is 0 Å². The molecule has 9 nitrogen and oxygen atoms in total. The van der Waals surface area contributed by atoms with Crippen molar-refractivity contribution >= 4 is 11.6 Å². The molecule has 0 fully saturated rings. The van der Waals surface area contributed by atoms with E-state index < -0.39 is 17.6 Å². The highest BCUT2D eigenvalue weighted by molar-refractivity contribution is 5.95. The van der Waals surface area contributed by atoms with Crippen molar-refractivity contribution < 1.29 is 18.0 Å². The minimum Gasteiger partial charge on any atom is -0.378 e. The molecule has 12 heteroatoms. The Labute approximate surface area is 192 Å². The molecule has 0 aliphatic rings. The number of pyridine rings is 1. The summed E-state index contributed by atoms with van der Waals surface area (Å²) in [5.74, 6) is 0.714. The number of nitrogens with zero attached hydrogens (tertiary/aromatic N) is 6. The van der Waals surface area contributed by atoms with Gasteiger partial charge in [0, 0.05) is 49.0 Å². The molecule has 1 amide bonds. The van der Waals surface area contributed by atoms with Gasteiger partial charge in [-0.1, -0.05) is 6.07 Å². The molecular weight excluding hydrogens is 449 g/mol. The zero-order valence-corrected chi connectivity index (χ0v) is 17.9. The summed E-state index contributed by atoms with van der Waals surface area (Å²) in [5, 5.41) is 14.0. The van der Waals surface area contributed by atoms with Gasteiger partial charge in [0.05, 0.1) is 12.1 Å². The third kappa shape index (κ3) is 5.17. The Morgan fingerprint density at radius 1 is 1.06 bits per heavy atom. The van der Waals surface area contributed by atoms with E-state index >= 15 is 0 Å². The van der Waals surface area contributed by atoms with Crippen LogP contribution in [0.25, 0.3) is 11.5 Å². The number of carbonyl (C=O) groups excluding carboxylic acids is 1. The summed E-state index contributed by atoms with van der Waals surface area (Å²) in [5.41, 5.74) is 0.624. The molecule has 0 spiro atoms. The summed E-state index contributed by atoms with van der Waals surface area (Å²) in [7, 11) is 1.81. The number of benzene rings is 1. The fourth-order valence-corrected chi connectivity index (χ4v) is 3.24. The summed E-state index contributed by atoms with van der Waals surface area (Å²) in [6.07, 6.45) is 0.676. The van der Waals surface area contributed by atoms with Crippen molar-refractivity contribution in [1.29, 1.82) is 0 Å². The first-order valence-electron chi connectivity index (χ1n) is 10.1. The van der Waals surface area contributed by atoms with Gasteiger partial charge in [0.15, 0.2) is 11.6 Å². The standard InChI is InChI=1S/C22H19F3N8O/c1-33-19(31-32-20(33)18-6-8-27-13-30-18)12-28-16-4-2-3-14(9-16)21(34)29-11-15-10-26-7-5-17(15)22(23,24)25/h2-10,13,28H,11-12H2,1H3,(H,29,34). The van der Waals surface area contributed by atoms with Crippen LogP contribution in [-0.4, -0.2) is 35.6 Å². The van der Waals surface area contributed by atoms with Crippen LogP contribution in [0.4, 0.5) is 18.9 Å². The lowest BCUT2D eigenvalue weighted by atomic mass is 10.1. The van der Waals surface area contributed by atoms with E-state index in [4.69, 9.17) is 0 Å². The van der Waals surface area contributed by atoms with Gasteiger partial charge in [-0.3, -0.25) is 9.78 Å². The second-order valence-electron chi connectivity index (χ2n) is 7.24. The van der Waals surface area contributed by atoms with E-state index in [1.807, 2.05) is 7.05 Å². The van der Waals surface area contributed by atoms with E-state index in [1.165, 1.54) is 6.33 Å². The normalized spacial score (nSPS) is 11.3. The predicted molar refractivity (Wildman–Crippen MR) is 116 cm³/mol. The van der Waals surface area contributed by atoms with Crippen LogP contribution in [0.2, 0.25) is 0 Å². The second-order valence-corrected chi connectivity index (χ2v) is 7.24. The Kier molecular flexibility index (Phi) is 6.48. The molecule has 34 heavy (non-hydrogen) atoms. The number of hydrogen-bond acceptors (Lipinski definition) is 7. The average molecular weight is 468 g/mol. The minimum atomic E-state index is -4.53. The summed E-state index contributed by atoms with van der Waals surface area (Å²) in [6, 6.07) is 9.23. The number of rotatable bonds is 7. The van der Waals surface area contributed by atoms with E-state index in [2.05, 4.69) is 35.8 Å². The summed E-state index contributed by atoms with van der Waals surface area (Å²) in [4.78, 5) is 24.3. The minimum absolute atomic E-state index is 0.112. The van der Waals surface area contributed by atoms with Gasteiger partial charge in [0.1, 0.15) is 12.0 Å². The van der Waals surface area contributed by atoms with Crippen molar-refractivity contribution in [2.24, 2.45) is 7.05 Å². The predicted octanol–water partition coefficient (Wildman–Crippen LogP) is 3.23. The maximum Gasteiger partial charge on any atom is 0.416 e. The van der Waals surface area contributed by atoms with Crippen LogP contribution in [0.15, 0.2) is 61.3 Å². The lowest BCUT2D eigenvalue weighted by Crippen LogP contribution is -2.24. The highest BCUT2D eigenvalue weighted by Crippen LogP contribution is 2.31. The Balaban J connectivity index is 1.40. The van der Waals surface area contributed by atoms with Crippen molar-refractivity contribution in [2.45, 2.75) is 19.3 Å². The van der Waals surface area contributed by atoms with Crippen LogP contribution in [0.3, 0.4) is 0 Å². The molecule has 0 bridgehead atoms. The Bertz CT molecular complexity index is 1290. The van der Waals surface area contributed by atoms with E-state index in [0.717, 1.165) is 18.5 Å². The average Bonchev–Trinajstić information content (AvgIpc) is 3.21. The highest BCUT2D eigenvalue weighted by atomic mass is 19.4. The number of nitrogens with one attached hydrogen (secondary N) is 2. The maximum atomic E-state index is 13.1. The van der Waals surface area contributed by atoms with Crippen LogP contribution in [0.1, 0.15) is 27.3 Å². The van der Waals surface area contributed by atoms with Gasteiger partial charge in [-0.2, -0.15) is 13.2 Å². The van der Waals surface area contributed by atoms with E-state index in [9.17, 15) is 18.0 Å². The first-order valence-corrected chi connectivity index (χ1v) is 10.1. The molecule has 0 unspecified atom stereocenters. The largest absolute Gasteiger partial charge is 0.416 e. The summed E-state index contributed by atoms with van der Waals surface area (Å²) in [6.45, 7) is 0.0220. The topological polar surface area (TPSA) is 111 Å². The third-order valence-corrected chi connectivity index (χ3v) is 5.00. The van der Waals surface area contributed by atoms with Crippen molar-refractivity contribution in [3.8, 4) is 11.5 Å². The van der Waals surface area contributed by atoms with Crippen LogP contribution >= 0.6 is 0 Å². The van der Waals surface area contributed by atoms with Crippen molar-refractivity contribution in [1.82, 2.24) is 35.0 Å². The zero-order valence-electron chi connectivity index (χ0n) is 17.9. The molecule has 2 N–H and O–H groups in total. The molecule has 0 saturated carbocycles. The molecule has 0 aliphatic heterocycles. The van der Waals surface area contributed by atoms with Gasteiger partial charge >= 0.3 is 6.18 Å². The smallest absolute Gasteiger partial charge is 0.378 e. The zero-order chi connectivity index (χ0) is 24.1. The summed E-state index contributed by atoms with van der Waals surface area (Å²) >= 11 is 0. The number of carbonyl (C=O) groups is 1. The molecule has 0 atom stereocenters. The molecule has 3 aromatic heterocycles. The number of halogens is 3. The van der Waals surface area contributed by atoms with Gasteiger partial charge < -0.3 is 15.2 Å². The fourth-order valence-electron chi connectivity index (χ4n) is 3.24. The van der Waals surface area contributed by atoms with Crippen LogP contribution in [-0.2, 0) is 26.3 Å². The third-order valence-electron chi connectivity index (χ3n) is 5.00. The Hall–Kier alpha value is -4.35. The summed E-state index contributed by atoms with van der Waals surface area (Å²) < 4.78 is 41.2. The number of aromatic nitrogens is 6. The van der Waals surface area contributed by atoms with Crippen LogP contribution < -0.4 is 10.6 Å². The molecule has 3 heterocycles. The molecule has 4 aromatic rings. The van der Waals surface area contributed by atoms with Gasteiger partial charge in [-0.25, -0.2) is 9.97 Å². The highest BCUT2D eigenvalue weighted by Gasteiger charge is 2.33. The number of hydrogen-bond donors (Lipinski definition) is 2. The number of amides is 1.